The van der Waals surface area contributed by atoms with Crippen molar-refractivity contribution in [3.63, 3.8) is 0 Å². The summed E-state index contributed by atoms with van der Waals surface area (Å²) < 4.78 is 32.4. The van der Waals surface area contributed by atoms with Crippen molar-refractivity contribution < 1.29 is 13.2 Å². The minimum Gasteiger partial charge on any atom is -0.373 e. The van der Waals surface area contributed by atoms with Gasteiger partial charge in [-0.2, -0.15) is 4.31 Å². The molecule has 1 aliphatic rings. The molecule has 2 unspecified atom stereocenters. The van der Waals surface area contributed by atoms with E-state index in [1.165, 1.54) is 14.1 Å². The number of ether oxygens (including phenoxy) is 1. The van der Waals surface area contributed by atoms with E-state index in [9.17, 15) is 8.42 Å². The van der Waals surface area contributed by atoms with Gasteiger partial charge in [-0.15, -0.1) is 35.3 Å². The Morgan fingerprint density at radius 1 is 1.21 bits per heavy atom. The molecule has 0 radical (unpaired) electrons. The van der Waals surface area contributed by atoms with Gasteiger partial charge in [0.2, 0.25) is 10.0 Å². The highest BCUT2D eigenvalue weighted by Gasteiger charge is 2.30. The zero-order valence-electron chi connectivity index (χ0n) is 17.1. The van der Waals surface area contributed by atoms with Gasteiger partial charge in [-0.1, -0.05) is 6.92 Å². The maximum absolute atomic E-state index is 12.6. The lowest BCUT2D eigenvalue weighted by atomic mass is 10.3. The summed E-state index contributed by atoms with van der Waals surface area (Å²) in [6.45, 7) is 10.4. The van der Waals surface area contributed by atoms with Gasteiger partial charge in [-0.3, -0.25) is 0 Å². The van der Waals surface area contributed by atoms with Gasteiger partial charge in [-0.05, 0) is 39.3 Å². The molecule has 0 amide bonds. The number of aliphatic imine (C=N–C) groups is 1. The normalized spacial score (nSPS) is 21.2. The van der Waals surface area contributed by atoms with Crippen molar-refractivity contribution in [3.8, 4) is 0 Å². The summed E-state index contributed by atoms with van der Waals surface area (Å²) in [6.07, 6.45) is 0.881. The lowest BCUT2D eigenvalue weighted by molar-refractivity contribution is -0.0440. The van der Waals surface area contributed by atoms with Crippen molar-refractivity contribution >= 4 is 51.3 Å². The van der Waals surface area contributed by atoms with Gasteiger partial charge < -0.3 is 15.4 Å². The van der Waals surface area contributed by atoms with E-state index in [0.717, 1.165) is 13.0 Å². The maximum atomic E-state index is 12.6. The molecule has 1 aromatic heterocycles. The Balaban J connectivity index is 0.00000392. The number of rotatable bonds is 8. The fourth-order valence-electron chi connectivity index (χ4n) is 2.98. The van der Waals surface area contributed by atoms with Crippen LogP contribution in [0.4, 0.5) is 0 Å². The summed E-state index contributed by atoms with van der Waals surface area (Å²) >= 11 is 1.76. The van der Waals surface area contributed by atoms with Crippen LogP contribution in [0.3, 0.4) is 0 Å². The van der Waals surface area contributed by atoms with Crippen molar-refractivity contribution in [1.82, 2.24) is 14.9 Å². The molecule has 162 valence electrons. The molecule has 0 aliphatic carbocycles. The highest BCUT2D eigenvalue weighted by Crippen LogP contribution is 2.17. The minimum atomic E-state index is -3.32. The molecule has 7 nitrogen and oxygen atoms in total. The first-order valence-corrected chi connectivity index (χ1v) is 12.0. The number of hydrogen-bond donors (Lipinski definition) is 2. The van der Waals surface area contributed by atoms with E-state index in [4.69, 9.17) is 4.74 Å². The second-order valence-corrected chi connectivity index (χ2v) is 10.1. The third-order valence-corrected chi connectivity index (χ3v) is 7.25. The van der Waals surface area contributed by atoms with Gasteiger partial charge in [0.05, 0.1) is 24.5 Å². The molecule has 2 N–H and O–H groups in total. The summed E-state index contributed by atoms with van der Waals surface area (Å²) in [7, 11) is -3.32. The topological polar surface area (TPSA) is 83.0 Å². The van der Waals surface area contributed by atoms with E-state index in [0.29, 0.717) is 32.1 Å². The number of thiophene rings is 1. The number of guanidine groups is 1. The van der Waals surface area contributed by atoms with Crippen molar-refractivity contribution in [2.24, 2.45) is 4.99 Å². The van der Waals surface area contributed by atoms with Crippen LogP contribution in [0.15, 0.2) is 17.1 Å². The number of sulfonamides is 1. The van der Waals surface area contributed by atoms with Crippen LogP contribution < -0.4 is 10.6 Å². The molecule has 1 aromatic rings. The average Bonchev–Trinajstić information content (AvgIpc) is 3.07. The number of morpholine rings is 1. The van der Waals surface area contributed by atoms with Crippen LogP contribution in [0.1, 0.15) is 37.4 Å². The standard InChI is InChI=1S/C18H32N4O3S2.HI/c1-5-16-7-8-17(26-16)11-21-18(19-6-2)20-9-10-27(23,24)22-12-14(3)25-15(4)13-22;/h7-8,14-15H,5-6,9-13H2,1-4H3,(H2,19,20,21);1H. The van der Waals surface area contributed by atoms with E-state index in [1.54, 1.807) is 11.3 Å². The molecule has 28 heavy (non-hydrogen) atoms. The molecule has 10 heteroatoms. The Hall–Kier alpha value is -0.430. The summed E-state index contributed by atoms with van der Waals surface area (Å²) in [6, 6.07) is 4.23. The van der Waals surface area contributed by atoms with E-state index < -0.39 is 10.0 Å². The second kappa shape index (κ2) is 12.3. The Morgan fingerprint density at radius 2 is 1.86 bits per heavy atom. The molecular weight excluding hydrogens is 511 g/mol. The molecule has 0 aromatic carbocycles. The fourth-order valence-corrected chi connectivity index (χ4v) is 5.36. The number of aryl methyl sites for hydroxylation is 1. The highest BCUT2D eigenvalue weighted by molar-refractivity contribution is 14.0. The van der Waals surface area contributed by atoms with E-state index in [-0.39, 0.29) is 41.9 Å². The lowest BCUT2D eigenvalue weighted by Crippen LogP contribution is -2.50. The second-order valence-electron chi connectivity index (χ2n) is 6.73. The molecule has 1 aliphatic heterocycles. The van der Waals surface area contributed by atoms with Gasteiger partial charge in [0, 0.05) is 35.9 Å². The van der Waals surface area contributed by atoms with Gasteiger partial charge >= 0.3 is 0 Å². The number of hydrogen-bond acceptors (Lipinski definition) is 5. The first kappa shape index (κ1) is 25.6. The molecule has 0 saturated carbocycles. The van der Waals surface area contributed by atoms with Crippen LogP contribution in [0.5, 0.6) is 0 Å². The number of halogens is 1. The quantitative estimate of drug-likeness (QED) is 0.299. The van der Waals surface area contributed by atoms with Gasteiger partial charge in [0.15, 0.2) is 5.96 Å². The largest absolute Gasteiger partial charge is 0.373 e. The molecular formula is C18H33IN4O3S2. The minimum absolute atomic E-state index is 0. The zero-order valence-corrected chi connectivity index (χ0v) is 21.1. The first-order valence-electron chi connectivity index (χ1n) is 9.57. The molecule has 0 spiro atoms. The van der Waals surface area contributed by atoms with Crippen molar-refractivity contribution in [2.75, 3.05) is 31.9 Å². The van der Waals surface area contributed by atoms with Crippen LogP contribution in [-0.2, 0) is 27.7 Å². The van der Waals surface area contributed by atoms with Crippen LogP contribution in [-0.4, -0.2) is 62.8 Å². The van der Waals surface area contributed by atoms with E-state index >= 15 is 0 Å². The Morgan fingerprint density at radius 3 is 2.43 bits per heavy atom. The predicted molar refractivity (Wildman–Crippen MR) is 127 cm³/mol. The molecule has 1 saturated heterocycles. The lowest BCUT2D eigenvalue weighted by Gasteiger charge is -2.34. The summed E-state index contributed by atoms with van der Waals surface area (Å²) in [5.74, 6) is 0.679. The zero-order chi connectivity index (χ0) is 19.9. The molecule has 2 rings (SSSR count). The maximum Gasteiger partial charge on any atom is 0.216 e. The van der Waals surface area contributed by atoms with Crippen molar-refractivity contribution in [2.45, 2.75) is 52.9 Å². The van der Waals surface area contributed by atoms with E-state index in [2.05, 4.69) is 34.7 Å². The van der Waals surface area contributed by atoms with Crippen molar-refractivity contribution in [3.05, 3.63) is 21.9 Å². The molecule has 0 bridgehead atoms. The molecule has 2 heterocycles. The predicted octanol–water partition coefficient (Wildman–Crippen LogP) is 2.42. The van der Waals surface area contributed by atoms with Crippen LogP contribution in [0, 0.1) is 0 Å². The SMILES string of the molecule is CCNC(=NCc1ccc(CC)s1)NCCS(=O)(=O)N1CC(C)OC(C)C1.I. The Bertz CT molecular complexity index is 714. The Labute approximate surface area is 190 Å². The average molecular weight is 545 g/mol. The van der Waals surface area contributed by atoms with Gasteiger partial charge in [-0.25, -0.2) is 13.4 Å². The van der Waals surface area contributed by atoms with Crippen molar-refractivity contribution in [1.29, 1.82) is 0 Å². The third kappa shape index (κ3) is 8.13. The highest BCUT2D eigenvalue weighted by atomic mass is 127. The van der Waals surface area contributed by atoms with Gasteiger partial charge in [0.25, 0.3) is 0 Å². The number of nitrogens with zero attached hydrogens (tertiary/aromatic N) is 2. The summed E-state index contributed by atoms with van der Waals surface area (Å²) in [4.78, 5) is 7.11. The first-order chi connectivity index (χ1) is 12.8. The number of nitrogens with one attached hydrogen (secondary N) is 2. The molecule has 2 atom stereocenters. The van der Waals surface area contributed by atoms with Crippen LogP contribution in [0.25, 0.3) is 0 Å². The Kier molecular flexibility index (Phi) is 11.3. The summed E-state index contributed by atoms with van der Waals surface area (Å²) in [5.41, 5.74) is 0. The van der Waals surface area contributed by atoms with Gasteiger partial charge in [0.1, 0.15) is 0 Å². The van der Waals surface area contributed by atoms with E-state index in [1.807, 2.05) is 20.8 Å². The smallest absolute Gasteiger partial charge is 0.216 e. The monoisotopic (exact) mass is 544 g/mol. The van der Waals surface area contributed by atoms with Crippen LogP contribution >= 0.6 is 35.3 Å². The summed E-state index contributed by atoms with van der Waals surface area (Å²) in [5, 5.41) is 6.30. The van der Waals surface area contributed by atoms with Crippen LogP contribution in [0.2, 0.25) is 0 Å². The molecule has 1 fully saturated rings. The fraction of sp³-hybridized carbons (Fsp3) is 0.722. The third-order valence-electron chi connectivity index (χ3n) is 4.23.